The fraction of sp³-hybridized carbons (Fsp3) is 0.609. The van der Waals surface area contributed by atoms with Crippen molar-refractivity contribution in [2.45, 2.75) is 57.9 Å². The zero-order chi connectivity index (χ0) is 19.9. The maximum atomic E-state index is 12.0. The van der Waals surface area contributed by atoms with Crippen LogP contribution in [0.2, 0.25) is 0 Å². The lowest BCUT2D eigenvalue weighted by atomic mass is 9.91. The third kappa shape index (κ3) is 5.66. The Morgan fingerprint density at radius 2 is 1.90 bits per heavy atom. The summed E-state index contributed by atoms with van der Waals surface area (Å²) in [5, 5.41) is 0. The molecule has 4 heterocycles. The Kier molecular flexibility index (Phi) is 6.93. The van der Waals surface area contributed by atoms with Gasteiger partial charge in [-0.1, -0.05) is 6.07 Å². The number of Topliss-reactive ketones (excluding diaryl/α,β-unsaturated/α-hetero) is 1. The summed E-state index contributed by atoms with van der Waals surface area (Å²) in [6.07, 6.45) is 14.0. The van der Waals surface area contributed by atoms with Crippen LogP contribution in [0.1, 0.15) is 67.6 Å². The van der Waals surface area contributed by atoms with E-state index in [1.54, 1.807) is 0 Å². The van der Waals surface area contributed by atoms with Gasteiger partial charge in [0.1, 0.15) is 12.1 Å². The van der Waals surface area contributed by atoms with Crippen molar-refractivity contribution in [1.82, 2.24) is 14.9 Å². The average molecular weight is 397 g/mol. The predicted molar refractivity (Wildman–Crippen MR) is 113 cm³/mol. The molecule has 0 aromatic carbocycles. The summed E-state index contributed by atoms with van der Waals surface area (Å²) in [4.78, 5) is 25.5. The molecule has 29 heavy (non-hydrogen) atoms. The smallest absolute Gasteiger partial charge is 0.263 e. The van der Waals surface area contributed by atoms with Crippen LogP contribution in [0.4, 0.5) is 5.82 Å². The highest BCUT2D eigenvalue weighted by Crippen LogP contribution is 2.24. The number of nitrogens with zero attached hydrogens (tertiary/aromatic N) is 4. The predicted octanol–water partition coefficient (Wildman–Crippen LogP) is 4.33. The number of aromatic nitrogens is 2. The summed E-state index contributed by atoms with van der Waals surface area (Å²) < 4.78 is 5.08. The Hall–Kier alpha value is -2.21. The number of rotatable bonds is 8. The van der Waals surface area contributed by atoms with E-state index in [9.17, 15) is 4.79 Å². The lowest BCUT2D eigenvalue weighted by Gasteiger charge is -2.32. The summed E-state index contributed by atoms with van der Waals surface area (Å²) in [5.74, 6) is 2.13. The molecule has 0 atom stereocenters. The molecule has 2 aromatic rings. The Morgan fingerprint density at radius 1 is 1.07 bits per heavy atom. The van der Waals surface area contributed by atoms with Gasteiger partial charge < -0.3 is 9.32 Å². The van der Waals surface area contributed by atoms with Crippen LogP contribution in [0.3, 0.4) is 0 Å². The lowest BCUT2D eigenvalue weighted by molar-refractivity contribution is 0.0940. The van der Waals surface area contributed by atoms with Gasteiger partial charge in [-0.15, -0.1) is 0 Å². The van der Waals surface area contributed by atoms with E-state index >= 15 is 0 Å². The van der Waals surface area contributed by atoms with E-state index < -0.39 is 0 Å². The van der Waals surface area contributed by atoms with E-state index in [0.717, 1.165) is 57.3 Å². The molecule has 0 saturated carbocycles. The zero-order valence-corrected chi connectivity index (χ0v) is 17.3. The van der Waals surface area contributed by atoms with Gasteiger partial charge >= 0.3 is 0 Å². The van der Waals surface area contributed by atoms with Gasteiger partial charge in [0.25, 0.3) is 5.89 Å². The van der Waals surface area contributed by atoms with Gasteiger partial charge in [-0.05, 0) is 75.6 Å². The molecular formula is C23H32N4O2. The van der Waals surface area contributed by atoms with E-state index in [-0.39, 0.29) is 11.7 Å². The molecule has 0 radical (unpaired) electrons. The van der Waals surface area contributed by atoms with Crippen LogP contribution in [-0.2, 0) is 6.54 Å². The van der Waals surface area contributed by atoms with Gasteiger partial charge in [0.05, 0.1) is 6.20 Å². The van der Waals surface area contributed by atoms with E-state index in [1.165, 1.54) is 50.1 Å². The van der Waals surface area contributed by atoms with Gasteiger partial charge in [-0.3, -0.25) is 9.69 Å². The fourth-order valence-electron chi connectivity index (χ4n) is 4.53. The van der Waals surface area contributed by atoms with Gasteiger partial charge in [0.15, 0.2) is 0 Å². The molecule has 0 N–H and O–H groups in total. The number of hydrogen-bond acceptors (Lipinski definition) is 6. The van der Waals surface area contributed by atoms with Crippen molar-refractivity contribution in [2.24, 2.45) is 5.92 Å². The van der Waals surface area contributed by atoms with Crippen LogP contribution in [0.15, 0.2) is 35.2 Å². The minimum atomic E-state index is 0.0212. The van der Waals surface area contributed by atoms with Crippen molar-refractivity contribution >= 4 is 11.6 Å². The minimum absolute atomic E-state index is 0.0212. The number of pyridine rings is 1. The van der Waals surface area contributed by atoms with Crippen LogP contribution >= 0.6 is 0 Å². The number of ketones is 1. The molecule has 0 unspecified atom stereocenters. The summed E-state index contributed by atoms with van der Waals surface area (Å²) in [6, 6.07) is 4.44. The maximum absolute atomic E-state index is 12.0. The number of carbonyl (C=O) groups excluding carboxylic acids is 1. The molecule has 0 aliphatic carbocycles. The zero-order valence-electron chi connectivity index (χ0n) is 17.3. The first-order valence-electron chi connectivity index (χ1n) is 11.1. The van der Waals surface area contributed by atoms with Gasteiger partial charge in [0.2, 0.25) is 5.78 Å². The van der Waals surface area contributed by atoms with Crippen molar-refractivity contribution in [1.29, 1.82) is 0 Å². The van der Waals surface area contributed by atoms with E-state index in [1.807, 2.05) is 0 Å². The molecule has 6 heteroatoms. The average Bonchev–Trinajstić information content (AvgIpc) is 3.31. The second-order valence-electron chi connectivity index (χ2n) is 8.44. The van der Waals surface area contributed by atoms with E-state index in [4.69, 9.17) is 9.40 Å². The SMILES string of the molecule is O=C(CCCC1CCN(Cc2ccc(N3CCCCC3)nc2)CC1)c1ncco1. The third-order valence-corrected chi connectivity index (χ3v) is 6.29. The summed E-state index contributed by atoms with van der Waals surface area (Å²) in [5.41, 5.74) is 1.31. The molecule has 2 aliphatic heterocycles. The second-order valence-corrected chi connectivity index (χ2v) is 8.44. The standard InChI is InChI=1S/C23H32N4O2/c28-21(23-24-11-16-29-23)6-4-5-19-9-14-26(15-10-19)18-20-7-8-22(25-17-20)27-12-2-1-3-13-27/h7-8,11,16-17,19H,1-6,9-10,12-15,18H2. The number of anilines is 1. The molecule has 0 spiro atoms. The lowest BCUT2D eigenvalue weighted by Crippen LogP contribution is -2.33. The summed E-state index contributed by atoms with van der Waals surface area (Å²) >= 11 is 0. The monoisotopic (exact) mass is 396 g/mol. The van der Waals surface area contributed by atoms with Gasteiger partial charge in [-0.25, -0.2) is 9.97 Å². The number of hydrogen-bond donors (Lipinski definition) is 0. The highest BCUT2D eigenvalue weighted by atomic mass is 16.3. The van der Waals surface area contributed by atoms with Crippen molar-refractivity contribution in [3.63, 3.8) is 0 Å². The highest BCUT2D eigenvalue weighted by Gasteiger charge is 2.20. The minimum Gasteiger partial charge on any atom is -0.442 e. The number of likely N-dealkylation sites (tertiary alicyclic amines) is 1. The Bertz CT molecular complexity index is 746. The molecule has 2 aromatic heterocycles. The molecule has 2 saturated heterocycles. The molecule has 0 bridgehead atoms. The van der Waals surface area contributed by atoms with Crippen molar-refractivity contribution in [2.75, 3.05) is 31.1 Å². The van der Waals surface area contributed by atoms with Crippen molar-refractivity contribution < 1.29 is 9.21 Å². The van der Waals surface area contributed by atoms with Crippen LogP contribution in [0, 0.1) is 5.92 Å². The van der Waals surface area contributed by atoms with Crippen LogP contribution in [-0.4, -0.2) is 46.8 Å². The Morgan fingerprint density at radius 3 is 2.59 bits per heavy atom. The molecule has 2 fully saturated rings. The molecule has 0 amide bonds. The fourth-order valence-corrected chi connectivity index (χ4v) is 4.53. The Balaban J connectivity index is 1.15. The first-order chi connectivity index (χ1) is 14.3. The molecule has 156 valence electrons. The quantitative estimate of drug-likeness (QED) is 0.619. The topological polar surface area (TPSA) is 62.5 Å². The second kappa shape index (κ2) is 10.0. The maximum Gasteiger partial charge on any atom is 0.263 e. The van der Waals surface area contributed by atoms with Crippen molar-refractivity contribution in [3.8, 4) is 0 Å². The van der Waals surface area contributed by atoms with Crippen LogP contribution in [0.5, 0.6) is 0 Å². The molecule has 4 rings (SSSR count). The normalized spacial score (nSPS) is 18.8. The van der Waals surface area contributed by atoms with Crippen LogP contribution in [0.25, 0.3) is 0 Å². The van der Waals surface area contributed by atoms with E-state index in [2.05, 4.69) is 33.1 Å². The summed E-state index contributed by atoms with van der Waals surface area (Å²) in [7, 11) is 0. The number of carbonyl (C=O) groups is 1. The van der Waals surface area contributed by atoms with Gasteiger partial charge in [0, 0.05) is 32.3 Å². The number of piperidine rings is 2. The van der Waals surface area contributed by atoms with E-state index in [0.29, 0.717) is 6.42 Å². The largest absolute Gasteiger partial charge is 0.442 e. The van der Waals surface area contributed by atoms with Gasteiger partial charge in [-0.2, -0.15) is 0 Å². The first kappa shape index (κ1) is 20.1. The number of oxazole rings is 1. The first-order valence-corrected chi connectivity index (χ1v) is 11.1. The highest BCUT2D eigenvalue weighted by molar-refractivity contribution is 5.91. The molecule has 6 nitrogen and oxygen atoms in total. The van der Waals surface area contributed by atoms with Crippen LogP contribution < -0.4 is 4.90 Å². The molecular weight excluding hydrogens is 364 g/mol. The Labute approximate surface area is 173 Å². The summed E-state index contributed by atoms with van der Waals surface area (Å²) in [6.45, 7) is 5.54. The molecule has 2 aliphatic rings. The third-order valence-electron chi connectivity index (χ3n) is 6.29. The van der Waals surface area contributed by atoms with Crippen molar-refractivity contribution in [3.05, 3.63) is 42.2 Å².